The maximum absolute atomic E-state index is 11.8. The van der Waals surface area contributed by atoms with Crippen LogP contribution in [0, 0.1) is 0 Å². The maximum Gasteiger partial charge on any atom is 0.305 e. The third-order valence-electron chi connectivity index (χ3n) is 2.13. The van der Waals surface area contributed by atoms with Crippen molar-refractivity contribution in [3.63, 3.8) is 0 Å². The molecule has 0 aromatic rings. The first kappa shape index (κ1) is 17.4. The summed E-state index contributed by atoms with van der Waals surface area (Å²) < 4.78 is 0. The zero-order chi connectivity index (χ0) is 15.0. The van der Waals surface area contributed by atoms with Crippen molar-refractivity contribution in [2.45, 2.75) is 52.2 Å². The number of carbonyl (C=O) groups excluding carboxylic acids is 2. The van der Waals surface area contributed by atoms with Gasteiger partial charge < -0.3 is 21.1 Å². The van der Waals surface area contributed by atoms with E-state index >= 15 is 0 Å². The lowest BCUT2D eigenvalue weighted by molar-refractivity contribution is -0.140. The van der Waals surface area contributed by atoms with Crippen LogP contribution >= 0.6 is 0 Å². The van der Waals surface area contributed by atoms with Crippen molar-refractivity contribution in [2.24, 2.45) is 0 Å². The molecule has 2 amide bonds. The van der Waals surface area contributed by atoms with Crippen molar-refractivity contribution in [1.29, 1.82) is 0 Å². The average molecular weight is 273 g/mol. The summed E-state index contributed by atoms with van der Waals surface area (Å²) in [6.45, 7) is 7.33. The van der Waals surface area contributed by atoms with Gasteiger partial charge in [-0.3, -0.25) is 14.4 Å². The lowest BCUT2D eigenvalue weighted by Crippen LogP contribution is -2.51. The van der Waals surface area contributed by atoms with Gasteiger partial charge in [0.25, 0.3) is 0 Å². The smallest absolute Gasteiger partial charge is 0.305 e. The molecule has 0 spiro atoms. The Morgan fingerprint density at radius 3 is 2.00 bits per heavy atom. The van der Waals surface area contributed by atoms with Crippen LogP contribution in [0.4, 0.5) is 0 Å². The summed E-state index contributed by atoms with van der Waals surface area (Å²) >= 11 is 0. The van der Waals surface area contributed by atoms with Gasteiger partial charge in [-0.25, -0.2) is 0 Å². The number of hydrogen-bond donors (Lipinski definition) is 4. The number of carboxylic acids is 1. The second kappa shape index (κ2) is 8.47. The summed E-state index contributed by atoms with van der Waals surface area (Å²) in [4.78, 5) is 34.0. The minimum absolute atomic E-state index is 0.0444. The van der Waals surface area contributed by atoms with Crippen LogP contribution in [0.5, 0.6) is 0 Å². The highest BCUT2D eigenvalue weighted by Crippen LogP contribution is 1.94. The van der Waals surface area contributed by atoms with Gasteiger partial charge in [0.05, 0.1) is 13.0 Å². The molecule has 0 aromatic carbocycles. The van der Waals surface area contributed by atoms with Crippen LogP contribution in [-0.2, 0) is 14.4 Å². The van der Waals surface area contributed by atoms with E-state index in [0.717, 1.165) is 0 Å². The first-order valence-corrected chi connectivity index (χ1v) is 6.27. The van der Waals surface area contributed by atoms with Gasteiger partial charge in [0, 0.05) is 12.1 Å². The standard InChI is InChI=1S/C12H23N3O4/c1-7(2)13-6-10(16)15-9(5-11(17)18)12(19)14-8(3)4/h7-9,13H,5-6H2,1-4H3,(H,14,19)(H,15,16)(H,17,18). The van der Waals surface area contributed by atoms with Crippen molar-refractivity contribution >= 4 is 17.8 Å². The van der Waals surface area contributed by atoms with E-state index in [1.165, 1.54) is 0 Å². The Kier molecular flexibility index (Phi) is 7.74. The first-order chi connectivity index (χ1) is 8.72. The van der Waals surface area contributed by atoms with Gasteiger partial charge in [0.1, 0.15) is 6.04 Å². The zero-order valence-electron chi connectivity index (χ0n) is 11.8. The highest BCUT2D eigenvalue weighted by Gasteiger charge is 2.23. The molecule has 0 radical (unpaired) electrons. The topological polar surface area (TPSA) is 108 Å². The Balaban J connectivity index is 4.45. The summed E-state index contributed by atoms with van der Waals surface area (Å²) in [5.74, 6) is -2.03. The molecule has 0 aromatic heterocycles. The third kappa shape index (κ3) is 9.01. The molecule has 7 heteroatoms. The Morgan fingerprint density at radius 1 is 1.00 bits per heavy atom. The molecule has 0 saturated heterocycles. The summed E-state index contributed by atoms with van der Waals surface area (Å²) in [5.41, 5.74) is 0. The van der Waals surface area contributed by atoms with Gasteiger partial charge in [0.15, 0.2) is 0 Å². The van der Waals surface area contributed by atoms with Crippen LogP contribution in [0.3, 0.4) is 0 Å². The second-order valence-corrected chi connectivity index (χ2v) is 4.92. The molecule has 0 bridgehead atoms. The number of rotatable bonds is 8. The average Bonchev–Trinajstić information content (AvgIpc) is 2.23. The lowest BCUT2D eigenvalue weighted by atomic mass is 10.1. The highest BCUT2D eigenvalue weighted by atomic mass is 16.4. The summed E-state index contributed by atoms with van der Waals surface area (Å²) in [5, 5.41) is 16.6. The molecule has 0 aliphatic carbocycles. The molecule has 0 heterocycles. The summed E-state index contributed by atoms with van der Waals surface area (Å²) in [7, 11) is 0. The van der Waals surface area contributed by atoms with Gasteiger partial charge in [-0.15, -0.1) is 0 Å². The van der Waals surface area contributed by atoms with Crippen molar-refractivity contribution in [3.8, 4) is 0 Å². The predicted molar refractivity (Wildman–Crippen MR) is 70.6 cm³/mol. The molecule has 0 rings (SSSR count). The van der Waals surface area contributed by atoms with E-state index in [1.807, 2.05) is 13.8 Å². The predicted octanol–water partition coefficient (Wildman–Crippen LogP) is -0.531. The number of hydrogen-bond acceptors (Lipinski definition) is 4. The van der Waals surface area contributed by atoms with Gasteiger partial charge in [0.2, 0.25) is 11.8 Å². The number of nitrogens with one attached hydrogen (secondary N) is 3. The van der Waals surface area contributed by atoms with E-state index in [1.54, 1.807) is 13.8 Å². The Bertz CT molecular complexity index is 329. The maximum atomic E-state index is 11.8. The monoisotopic (exact) mass is 273 g/mol. The summed E-state index contributed by atoms with van der Waals surface area (Å²) in [6.07, 6.45) is -0.439. The van der Waals surface area contributed by atoms with Crippen LogP contribution in [0.2, 0.25) is 0 Å². The SMILES string of the molecule is CC(C)NCC(=O)NC(CC(=O)O)C(=O)NC(C)C. The second-order valence-electron chi connectivity index (χ2n) is 4.92. The fourth-order valence-electron chi connectivity index (χ4n) is 1.31. The minimum Gasteiger partial charge on any atom is -0.481 e. The number of carbonyl (C=O) groups is 3. The fourth-order valence-corrected chi connectivity index (χ4v) is 1.31. The Hall–Kier alpha value is -1.63. The molecule has 110 valence electrons. The molecule has 0 saturated carbocycles. The molecule has 7 nitrogen and oxygen atoms in total. The molecule has 4 N–H and O–H groups in total. The van der Waals surface area contributed by atoms with Crippen LogP contribution in [0.1, 0.15) is 34.1 Å². The van der Waals surface area contributed by atoms with Crippen LogP contribution in [0.25, 0.3) is 0 Å². The van der Waals surface area contributed by atoms with Gasteiger partial charge in [-0.1, -0.05) is 13.8 Å². The van der Waals surface area contributed by atoms with Crippen molar-refractivity contribution < 1.29 is 19.5 Å². The summed E-state index contributed by atoms with van der Waals surface area (Å²) in [6, 6.07) is -1.04. The van der Waals surface area contributed by atoms with Crippen molar-refractivity contribution in [2.75, 3.05) is 6.54 Å². The zero-order valence-corrected chi connectivity index (χ0v) is 11.8. The van der Waals surface area contributed by atoms with E-state index in [-0.39, 0.29) is 18.6 Å². The molecule has 1 unspecified atom stereocenters. The van der Waals surface area contributed by atoms with E-state index in [2.05, 4.69) is 16.0 Å². The molecular weight excluding hydrogens is 250 g/mol. The largest absolute Gasteiger partial charge is 0.481 e. The highest BCUT2D eigenvalue weighted by molar-refractivity contribution is 5.91. The number of amides is 2. The van der Waals surface area contributed by atoms with Crippen molar-refractivity contribution in [1.82, 2.24) is 16.0 Å². The lowest BCUT2D eigenvalue weighted by Gasteiger charge is -2.19. The van der Waals surface area contributed by atoms with E-state index < -0.39 is 30.2 Å². The van der Waals surface area contributed by atoms with Crippen LogP contribution in [-0.4, -0.2) is 47.6 Å². The Morgan fingerprint density at radius 2 is 1.58 bits per heavy atom. The Labute approximate surface area is 113 Å². The molecule has 19 heavy (non-hydrogen) atoms. The van der Waals surface area contributed by atoms with Crippen LogP contribution < -0.4 is 16.0 Å². The quantitative estimate of drug-likeness (QED) is 0.475. The molecule has 0 aliphatic heterocycles. The molecular formula is C12H23N3O4. The molecule has 0 fully saturated rings. The normalized spacial score (nSPS) is 12.3. The third-order valence-corrected chi connectivity index (χ3v) is 2.13. The van der Waals surface area contributed by atoms with Gasteiger partial charge >= 0.3 is 5.97 Å². The number of aliphatic carboxylic acids is 1. The van der Waals surface area contributed by atoms with E-state index in [9.17, 15) is 14.4 Å². The van der Waals surface area contributed by atoms with E-state index in [4.69, 9.17) is 5.11 Å². The minimum atomic E-state index is -1.14. The van der Waals surface area contributed by atoms with Gasteiger partial charge in [-0.05, 0) is 13.8 Å². The van der Waals surface area contributed by atoms with E-state index in [0.29, 0.717) is 0 Å². The van der Waals surface area contributed by atoms with Crippen LogP contribution in [0.15, 0.2) is 0 Å². The molecule has 1 atom stereocenters. The van der Waals surface area contributed by atoms with Crippen molar-refractivity contribution in [3.05, 3.63) is 0 Å². The first-order valence-electron chi connectivity index (χ1n) is 6.27. The number of carboxylic acid groups (broad SMARTS) is 1. The molecule has 0 aliphatic rings. The van der Waals surface area contributed by atoms with Gasteiger partial charge in [-0.2, -0.15) is 0 Å². The fraction of sp³-hybridized carbons (Fsp3) is 0.750.